The first kappa shape index (κ1) is 20.8. The molecule has 0 spiro atoms. The maximum absolute atomic E-state index is 4.88. The Morgan fingerprint density at radius 1 is 0.727 bits per heavy atom. The molecule has 0 amide bonds. The first-order chi connectivity index (χ1) is 10.1. The molecule has 0 radical (unpaired) electrons. The van der Waals surface area contributed by atoms with E-state index in [9.17, 15) is 0 Å². The fourth-order valence-electron chi connectivity index (χ4n) is 1.85. The predicted molar refractivity (Wildman–Crippen MR) is 102 cm³/mol. The zero-order chi connectivity index (χ0) is 17.4. The number of allylic oxidation sites excluding steroid dienone is 4. The molecule has 0 atom stereocenters. The summed E-state index contributed by atoms with van der Waals surface area (Å²) < 4.78 is 0. The molecular weight excluding hydrogens is 268 g/mol. The van der Waals surface area contributed by atoms with Gasteiger partial charge < -0.3 is 0 Å². The van der Waals surface area contributed by atoms with Crippen LogP contribution in [0.25, 0.3) is 0 Å². The molecule has 22 heavy (non-hydrogen) atoms. The summed E-state index contributed by atoms with van der Waals surface area (Å²) in [5, 5.41) is 0. The van der Waals surface area contributed by atoms with Crippen molar-refractivity contribution in [3.63, 3.8) is 0 Å². The molecule has 0 saturated heterocycles. The number of hydrogen-bond donors (Lipinski definition) is 0. The summed E-state index contributed by atoms with van der Waals surface area (Å²) in [6, 6.07) is 0. The van der Waals surface area contributed by atoms with Crippen LogP contribution in [-0.2, 0) is 0 Å². The maximum Gasteiger partial charge on any atom is 0.0640 e. The lowest BCUT2D eigenvalue weighted by atomic mass is 10.0. The summed E-state index contributed by atoms with van der Waals surface area (Å²) in [4.78, 5) is 9.73. The Bertz CT molecular complexity index is 458. The molecule has 0 aromatic heterocycles. The Balaban J connectivity index is 5.80. The highest BCUT2D eigenvalue weighted by Crippen LogP contribution is 2.20. The van der Waals surface area contributed by atoms with Crippen LogP contribution < -0.4 is 0 Å². The lowest BCUT2D eigenvalue weighted by Crippen LogP contribution is -2.08. The molecule has 0 saturated carbocycles. The van der Waals surface area contributed by atoms with E-state index >= 15 is 0 Å². The van der Waals surface area contributed by atoms with Gasteiger partial charge >= 0.3 is 0 Å². The standard InChI is InChI=1S/C20H36N2/c1-13(2)11-12-19(15(5)6)21-18(10)20(16(7)8)22-17(9)14(3)4/h11-16H,1-10H3/b12-11-,20-18+,21-19+,22-17?. The Labute approximate surface area is 138 Å². The summed E-state index contributed by atoms with van der Waals surface area (Å²) in [7, 11) is 0. The van der Waals surface area contributed by atoms with E-state index in [0.717, 1.165) is 17.1 Å². The van der Waals surface area contributed by atoms with Crippen molar-refractivity contribution in [1.82, 2.24) is 0 Å². The van der Waals surface area contributed by atoms with E-state index in [1.165, 1.54) is 5.71 Å². The third-order valence-corrected chi connectivity index (χ3v) is 3.59. The Hall–Kier alpha value is -1.18. The van der Waals surface area contributed by atoms with E-state index in [1.807, 2.05) is 0 Å². The van der Waals surface area contributed by atoms with Crippen LogP contribution in [0.5, 0.6) is 0 Å². The van der Waals surface area contributed by atoms with Gasteiger partial charge in [-0.25, -0.2) is 0 Å². The second-order valence-corrected chi connectivity index (χ2v) is 7.33. The fraction of sp³-hybridized carbons (Fsp3) is 0.700. The topological polar surface area (TPSA) is 24.7 Å². The highest BCUT2D eigenvalue weighted by atomic mass is 14.8. The first-order valence-electron chi connectivity index (χ1n) is 8.58. The van der Waals surface area contributed by atoms with Crippen LogP contribution in [0.15, 0.2) is 33.5 Å². The van der Waals surface area contributed by atoms with E-state index in [0.29, 0.717) is 23.7 Å². The molecule has 0 bridgehead atoms. The van der Waals surface area contributed by atoms with Crippen molar-refractivity contribution in [2.45, 2.75) is 69.2 Å². The quantitative estimate of drug-likeness (QED) is 0.493. The van der Waals surface area contributed by atoms with Crippen molar-refractivity contribution in [3.8, 4) is 0 Å². The predicted octanol–water partition coefficient (Wildman–Crippen LogP) is 6.30. The Morgan fingerprint density at radius 3 is 1.64 bits per heavy atom. The van der Waals surface area contributed by atoms with Crippen LogP contribution in [0.1, 0.15) is 69.2 Å². The number of rotatable bonds is 7. The van der Waals surface area contributed by atoms with Crippen LogP contribution in [0.2, 0.25) is 0 Å². The van der Waals surface area contributed by atoms with Crippen molar-refractivity contribution >= 4 is 11.4 Å². The van der Waals surface area contributed by atoms with Crippen molar-refractivity contribution < 1.29 is 0 Å². The van der Waals surface area contributed by atoms with Gasteiger partial charge in [0.05, 0.1) is 11.4 Å². The molecule has 0 N–H and O–H groups in total. The summed E-state index contributed by atoms with van der Waals surface area (Å²) >= 11 is 0. The average Bonchev–Trinajstić information content (AvgIpc) is 2.38. The summed E-state index contributed by atoms with van der Waals surface area (Å²) in [5.74, 6) is 1.79. The van der Waals surface area contributed by atoms with Gasteiger partial charge in [-0.3, -0.25) is 9.98 Å². The van der Waals surface area contributed by atoms with Crippen LogP contribution in [-0.4, -0.2) is 11.4 Å². The van der Waals surface area contributed by atoms with Crippen molar-refractivity contribution in [3.05, 3.63) is 23.5 Å². The summed E-state index contributed by atoms with van der Waals surface area (Å²) in [6.45, 7) is 21.7. The van der Waals surface area contributed by atoms with Gasteiger partial charge in [-0.15, -0.1) is 0 Å². The molecule has 0 aromatic rings. The Kier molecular flexibility index (Phi) is 9.24. The molecule has 2 heteroatoms. The molecule has 0 aliphatic carbocycles. The van der Waals surface area contributed by atoms with Gasteiger partial charge in [0.25, 0.3) is 0 Å². The van der Waals surface area contributed by atoms with Gasteiger partial charge in [-0.05, 0) is 43.6 Å². The molecule has 0 rings (SSSR count). The van der Waals surface area contributed by atoms with Gasteiger partial charge in [0.2, 0.25) is 0 Å². The van der Waals surface area contributed by atoms with Crippen molar-refractivity contribution in [2.75, 3.05) is 0 Å². The molecular formula is C20H36N2. The molecule has 0 fully saturated rings. The summed E-state index contributed by atoms with van der Waals surface area (Å²) in [6.07, 6.45) is 4.37. The van der Waals surface area contributed by atoms with Crippen LogP contribution in [0.4, 0.5) is 0 Å². The smallest absolute Gasteiger partial charge is 0.0640 e. The highest BCUT2D eigenvalue weighted by Gasteiger charge is 2.10. The van der Waals surface area contributed by atoms with Crippen LogP contribution in [0.3, 0.4) is 0 Å². The maximum atomic E-state index is 4.88. The SMILES string of the molecule is CC(=N/C(=C(C)/N=C(\C=C/C(C)C)C(C)C)C(C)C)C(C)C. The Morgan fingerprint density at radius 2 is 1.27 bits per heavy atom. The molecule has 2 nitrogen and oxygen atoms in total. The van der Waals surface area contributed by atoms with Crippen LogP contribution in [0, 0.1) is 23.7 Å². The van der Waals surface area contributed by atoms with Gasteiger partial charge in [-0.2, -0.15) is 0 Å². The van der Waals surface area contributed by atoms with Gasteiger partial charge in [-0.1, -0.05) is 61.5 Å². The third kappa shape index (κ3) is 7.72. The highest BCUT2D eigenvalue weighted by molar-refractivity contribution is 5.97. The monoisotopic (exact) mass is 304 g/mol. The first-order valence-corrected chi connectivity index (χ1v) is 8.58. The lowest BCUT2D eigenvalue weighted by Gasteiger charge is -2.14. The zero-order valence-corrected chi connectivity index (χ0v) is 16.4. The fourth-order valence-corrected chi connectivity index (χ4v) is 1.85. The molecule has 0 aliphatic rings. The van der Waals surface area contributed by atoms with Gasteiger partial charge in [0.15, 0.2) is 0 Å². The average molecular weight is 305 g/mol. The minimum Gasteiger partial charge on any atom is -0.260 e. The largest absolute Gasteiger partial charge is 0.260 e. The van der Waals surface area contributed by atoms with Crippen molar-refractivity contribution in [1.29, 1.82) is 0 Å². The molecule has 0 aromatic carbocycles. The van der Waals surface area contributed by atoms with E-state index in [2.05, 4.69) is 81.4 Å². The van der Waals surface area contributed by atoms with E-state index in [1.54, 1.807) is 0 Å². The minimum absolute atomic E-state index is 0.375. The molecule has 0 unspecified atom stereocenters. The summed E-state index contributed by atoms with van der Waals surface area (Å²) in [5.41, 5.74) is 4.43. The lowest BCUT2D eigenvalue weighted by molar-refractivity contribution is 0.735. The van der Waals surface area contributed by atoms with Crippen LogP contribution >= 0.6 is 0 Å². The van der Waals surface area contributed by atoms with E-state index in [4.69, 9.17) is 9.98 Å². The molecule has 0 aliphatic heterocycles. The number of hydrogen-bond acceptors (Lipinski definition) is 2. The second-order valence-electron chi connectivity index (χ2n) is 7.33. The van der Waals surface area contributed by atoms with E-state index < -0.39 is 0 Å². The van der Waals surface area contributed by atoms with Gasteiger partial charge in [0.1, 0.15) is 0 Å². The minimum atomic E-state index is 0.375. The zero-order valence-electron chi connectivity index (χ0n) is 16.4. The second kappa shape index (κ2) is 9.76. The molecule has 0 heterocycles. The number of nitrogens with zero attached hydrogens (tertiary/aromatic N) is 2. The third-order valence-electron chi connectivity index (χ3n) is 3.59. The normalized spacial score (nSPS) is 15.7. The van der Waals surface area contributed by atoms with Crippen molar-refractivity contribution in [2.24, 2.45) is 33.7 Å². The number of aliphatic imine (C=N–C) groups is 2. The van der Waals surface area contributed by atoms with E-state index in [-0.39, 0.29) is 0 Å². The molecule has 126 valence electrons. The van der Waals surface area contributed by atoms with Gasteiger partial charge in [0, 0.05) is 11.4 Å².